The van der Waals surface area contributed by atoms with Gasteiger partial charge in [-0.25, -0.2) is 5.43 Å². The van der Waals surface area contributed by atoms with Crippen molar-refractivity contribution in [1.29, 1.82) is 0 Å². The number of alkyl halides is 6. The molecule has 0 aromatic heterocycles. The SMILES string of the molecule is O=C(NN=Cc1ccc(OCc2cc(C(F)(F)F)cc(C(F)(F)F)c2)c2ccccc12)c1ccc(O)c(Cl)c1. The van der Waals surface area contributed by atoms with Gasteiger partial charge >= 0.3 is 12.4 Å². The van der Waals surface area contributed by atoms with E-state index >= 15 is 0 Å². The summed E-state index contributed by atoms with van der Waals surface area (Å²) >= 11 is 5.81. The van der Waals surface area contributed by atoms with E-state index in [2.05, 4.69) is 10.5 Å². The zero-order valence-corrected chi connectivity index (χ0v) is 20.3. The molecule has 0 bridgehead atoms. The van der Waals surface area contributed by atoms with Gasteiger partial charge < -0.3 is 9.84 Å². The van der Waals surface area contributed by atoms with Gasteiger partial charge in [0.25, 0.3) is 5.91 Å². The normalized spacial score (nSPS) is 12.2. The van der Waals surface area contributed by atoms with E-state index in [0.29, 0.717) is 28.5 Å². The second-order valence-electron chi connectivity index (χ2n) is 8.27. The van der Waals surface area contributed by atoms with E-state index in [1.807, 2.05) is 0 Å². The Labute approximate surface area is 222 Å². The number of phenols is 1. The van der Waals surface area contributed by atoms with Gasteiger partial charge in [-0.2, -0.15) is 31.4 Å². The molecule has 0 atom stereocenters. The number of nitrogens with zero attached hydrogens (tertiary/aromatic N) is 1. The molecule has 0 aliphatic carbocycles. The number of benzene rings is 4. The van der Waals surface area contributed by atoms with Crippen LogP contribution in [-0.2, 0) is 19.0 Å². The largest absolute Gasteiger partial charge is 0.506 e. The summed E-state index contributed by atoms with van der Waals surface area (Å²) in [6.45, 7) is -0.546. The van der Waals surface area contributed by atoms with Crippen LogP contribution in [0.4, 0.5) is 26.3 Å². The van der Waals surface area contributed by atoms with Crippen molar-refractivity contribution in [3.63, 3.8) is 0 Å². The summed E-state index contributed by atoms with van der Waals surface area (Å²) in [4.78, 5) is 12.3. The molecule has 0 saturated carbocycles. The minimum Gasteiger partial charge on any atom is -0.506 e. The van der Waals surface area contributed by atoms with Crippen LogP contribution in [0, 0.1) is 0 Å². The number of hydrogen-bond acceptors (Lipinski definition) is 4. The monoisotopic (exact) mass is 566 g/mol. The number of halogens is 7. The molecule has 0 spiro atoms. The molecule has 1 amide bonds. The van der Waals surface area contributed by atoms with Gasteiger partial charge in [0.15, 0.2) is 0 Å². The molecule has 202 valence electrons. The number of hydrogen-bond donors (Lipinski definition) is 2. The number of fused-ring (bicyclic) bond motifs is 1. The van der Waals surface area contributed by atoms with Crippen LogP contribution in [0.25, 0.3) is 10.8 Å². The number of phenolic OH excluding ortho intramolecular Hbond substituents is 1. The Balaban J connectivity index is 1.56. The quantitative estimate of drug-likeness (QED) is 0.144. The molecule has 0 aliphatic heterocycles. The van der Waals surface area contributed by atoms with Crippen LogP contribution >= 0.6 is 11.6 Å². The van der Waals surface area contributed by atoms with Crippen molar-refractivity contribution in [3.8, 4) is 11.5 Å². The predicted molar refractivity (Wildman–Crippen MR) is 133 cm³/mol. The Morgan fingerprint density at radius 2 is 1.54 bits per heavy atom. The average Bonchev–Trinajstić information content (AvgIpc) is 2.88. The highest BCUT2D eigenvalue weighted by Gasteiger charge is 2.36. The van der Waals surface area contributed by atoms with E-state index in [-0.39, 0.29) is 33.7 Å². The maximum atomic E-state index is 13.2. The van der Waals surface area contributed by atoms with Gasteiger partial charge in [0, 0.05) is 16.5 Å². The molecule has 0 unspecified atom stereocenters. The fraction of sp³-hybridized carbons (Fsp3) is 0.111. The van der Waals surface area contributed by atoms with E-state index in [1.54, 1.807) is 30.3 Å². The molecule has 0 heterocycles. The molecular formula is C27H17ClF6N2O3. The Bertz CT molecular complexity index is 1540. The van der Waals surface area contributed by atoms with Crippen LogP contribution in [0.15, 0.2) is 77.9 Å². The first-order chi connectivity index (χ1) is 18.3. The first-order valence-electron chi connectivity index (χ1n) is 11.1. The second-order valence-corrected chi connectivity index (χ2v) is 8.67. The Morgan fingerprint density at radius 3 is 2.15 bits per heavy atom. The highest BCUT2D eigenvalue weighted by molar-refractivity contribution is 6.32. The van der Waals surface area contributed by atoms with Crippen molar-refractivity contribution in [1.82, 2.24) is 5.43 Å². The van der Waals surface area contributed by atoms with Crippen LogP contribution in [0.1, 0.15) is 32.6 Å². The molecule has 0 aliphatic rings. The lowest BCUT2D eigenvalue weighted by Gasteiger charge is -2.15. The topological polar surface area (TPSA) is 70.9 Å². The van der Waals surface area contributed by atoms with Gasteiger partial charge in [-0.3, -0.25) is 4.79 Å². The maximum Gasteiger partial charge on any atom is 0.416 e. The number of aromatic hydroxyl groups is 1. The summed E-state index contributed by atoms with van der Waals surface area (Å²) in [6.07, 6.45) is -8.57. The predicted octanol–water partition coefficient (Wildman–Crippen LogP) is 7.58. The van der Waals surface area contributed by atoms with Gasteiger partial charge in [-0.05, 0) is 59.5 Å². The Kier molecular flexibility index (Phi) is 7.73. The Hall–Kier alpha value is -4.25. The van der Waals surface area contributed by atoms with E-state index in [9.17, 15) is 36.2 Å². The third-order valence-electron chi connectivity index (χ3n) is 5.54. The van der Waals surface area contributed by atoms with Crippen LogP contribution < -0.4 is 10.2 Å². The molecule has 5 nitrogen and oxygen atoms in total. The molecular weight excluding hydrogens is 550 g/mol. The summed E-state index contributed by atoms with van der Waals surface area (Å²) in [5.74, 6) is -0.549. The smallest absolute Gasteiger partial charge is 0.416 e. The van der Waals surface area contributed by atoms with Crippen LogP contribution in [0.5, 0.6) is 11.5 Å². The van der Waals surface area contributed by atoms with E-state index in [1.165, 1.54) is 30.5 Å². The first kappa shape index (κ1) is 27.8. The van der Waals surface area contributed by atoms with Crippen molar-refractivity contribution < 1.29 is 41.0 Å². The van der Waals surface area contributed by atoms with Crippen molar-refractivity contribution in [2.45, 2.75) is 19.0 Å². The van der Waals surface area contributed by atoms with Gasteiger partial charge in [0.05, 0.1) is 22.4 Å². The molecule has 2 N–H and O–H groups in total. The Morgan fingerprint density at radius 1 is 0.897 bits per heavy atom. The van der Waals surface area contributed by atoms with Crippen LogP contribution in [0.2, 0.25) is 5.02 Å². The van der Waals surface area contributed by atoms with E-state index in [4.69, 9.17) is 16.3 Å². The number of amides is 1. The number of hydrazone groups is 1. The van der Waals surface area contributed by atoms with Crippen molar-refractivity contribution in [2.75, 3.05) is 0 Å². The first-order valence-corrected chi connectivity index (χ1v) is 11.5. The summed E-state index contributed by atoms with van der Waals surface area (Å²) in [6, 6.07) is 15.0. The molecule has 12 heteroatoms. The second kappa shape index (κ2) is 10.9. The zero-order valence-electron chi connectivity index (χ0n) is 19.6. The minimum absolute atomic E-state index is 0.00650. The number of ether oxygens (including phenoxy) is 1. The van der Waals surface area contributed by atoms with Gasteiger partial charge in [-0.15, -0.1) is 0 Å². The van der Waals surface area contributed by atoms with Gasteiger partial charge in [0.2, 0.25) is 0 Å². The van der Waals surface area contributed by atoms with E-state index in [0.717, 1.165) is 0 Å². The van der Waals surface area contributed by atoms with Crippen molar-refractivity contribution in [2.24, 2.45) is 5.10 Å². The molecule has 39 heavy (non-hydrogen) atoms. The van der Waals surface area contributed by atoms with Crippen LogP contribution in [-0.4, -0.2) is 17.2 Å². The highest BCUT2D eigenvalue weighted by atomic mass is 35.5. The lowest BCUT2D eigenvalue weighted by molar-refractivity contribution is -0.143. The number of carbonyl (C=O) groups excluding carboxylic acids is 1. The maximum absolute atomic E-state index is 13.2. The third-order valence-corrected chi connectivity index (χ3v) is 5.84. The van der Waals surface area contributed by atoms with Crippen molar-refractivity contribution in [3.05, 3.63) is 106 Å². The minimum atomic E-state index is -4.96. The number of rotatable bonds is 6. The fourth-order valence-corrected chi connectivity index (χ4v) is 3.85. The highest BCUT2D eigenvalue weighted by Crippen LogP contribution is 2.37. The van der Waals surface area contributed by atoms with Gasteiger partial charge in [0.1, 0.15) is 18.1 Å². The van der Waals surface area contributed by atoms with Crippen LogP contribution in [0.3, 0.4) is 0 Å². The van der Waals surface area contributed by atoms with Crippen molar-refractivity contribution >= 4 is 34.5 Å². The molecule has 4 rings (SSSR count). The molecule has 4 aromatic carbocycles. The zero-order chi connectivity index (χ0) is 28.4. The summed E-state index contributed by atoms with van der Waals surface area (Å²) in [5.41, 5.74) is -0.124. The molecule has 0 saturated heterocycles. The summed E-state index contributed by atoms with van der Waals surface area (Å²) in [5, 5.41) is 14.5. The standard InChI is InChI=1S/C27H17ClF6N2O3/c28-22-11-16(5-7-23(22)37)25(38)36-35-13-17-6-8-24(21-4-2-1-3-20(17)21)39-14-15-9-18(26(29,30)31)12-19(10-15)27(32,33)34/h1-13,37H,14H2,(H,36,38). The number of carbonyl (C=O) groups is 1. The lowest BCUT2D eigenvalue weighted by atomic mass is 10.0. The molecule has 0 fully saturated rings. The van der Waals surface area contributed by atoms with E-state index < -0.39 is 36.0 Å². The molecule has 0 radical (unpaired) electrons. The molecule has 4 aromatic rings. The fourth-order valence-electron chi connectivity index (χ4n) is 3.67. The lowest BCUT2D eigenvalue weighted by Crippen LogP contribution is -2.17. The third kappa shape index (κ3) is 6.61. The number of nitrogens with one attached hydrogen (secondary N) is 1. The summed E-state index contributed by atoms with van der Waals surface area (Å²) < 4.78 is 84.7. The van der Waals surface area contributed by atoms with Gasteiger partial charge in [-0.1, -0.05) is 35.9 Å². The average molecular weight is 567 g/mol. The summed E-state index contributed by atoms with van der Waals surface area (Å²) in [7, 11) is 0.